The predicted octanol–water partition coefficient (Wildman–Crippen LogP) is 3.58. The van der Waals surface area contributed by atoms with Crippen molar-refractivity contribution in [2.24, 2.45) is 7.05 Å². The first-order valence-corrected chi connectivity index (χ1v) is 7.25. The van der Waals surface area contributed by atoms with Crippen LogP contribution in [0.2, 0.25) is 0 Å². The summed E-state index contributed by atoms with van der Waals surface area (Å²) in [7, 11) is 1.81. The summed E-state index contributed by atoms with van der Waals surface area (Å²) in [6.45, 7) is 0. The van der Waals surface area contributed by atoms with E-state index in [9.17, 15) is 20.2 Å². The van der Waals surface area contributed by atoms with Crippen molar-refractivity contribution < 1.29 is 9.72 Å². The van der Waals surface area contributed by atoms with E-state index >= 15 is 0 Å². The monoisotopic (exact) mass is 319 g/mol. The standard InChI is InChI=1S/C18H13N3O3/c1-20-16-5-3-2-4-13(16)10-17(20)15(11-19)18(22)12-6-8-14(9-7-12)21(23)24/h2-10,15H,1H3. The Balaban J connectivity index is 2.01. The van der Waals surface area contributed by atoms with E-state index in [-0.39, 0.29) is 17.0 Å². The van der Waals surface area contributed by atoms with Crippen molar-refractivity contribution in [2.45, 2.75) is 5.92 Å². The number of para-hydroxylation sites is 1. The molecule has 0 saturated heterocycles. The van der Waals surface area contributed by atoms with Gasteiger partial charge in [-0.25, -0.2) is 0 Å². The average molecular weight is 319 g/mol. The number of Topliss-reactive ketones (excluding diaryl/α,β-unsaturated/α-hetero) is 1. The Morgan fingerprint density at radius 3 is 2.46 bits per heavy atom. The molecular weight excluding hydrogens is 306 g/mol. The van der Waals surface area contributed by atoms with Crippen LogP contribution in [0.3, 0.4) is 0 Å². The van der Waals surface area contributed by atoms with Gasteiger partial charge in [-0.15, -0.1) is 0 Å². The second kappa shape index (κ2) is 5.97. The summed E-state index contributed by atoms with van der Waals surface area (Å²) in [5.41, 5.74) is 1.72. The molecule has 0 N–H and O–H groups in total. The fraction of sp³-hybridized carbons (Fsp3) is 0.111. The van der Waals surface area contributed by atoms with Crippen LogP contribution in [0.4, 0.5) is 5.69 Å². The summed E-state index contributed by atoms with van der Waals surface area (Å²) < 4.78 is 1.83. The van der Waals surface area contributed by atoms with E-state index in [0.717, 1.165) is 10.9 Å². The number of carbonyl (C=O) groups excluding carboxylic acids is 1. The summed E-state index contributed by atoms with van der Waals surface area (Å²) in [5, 5.41) is 21.2. The average Bonchev–Trinajstić information content (AvgIpc) is 2.93. The molecule has 1 heterocycles. The zero-order valence-corrected chi connectivity index (χ0v) is 12.8. The fourth-order valence-electron chi connectivity index (χ4n) is 2.76. The first kappa shape index (κ1) is 15.4. The van der Waals surface area contributed by atoms with E-state index in [4.69, 9.17) is 0 Å². The third-order valence-electron chi connectivity index (χ3n) is 4.04. The minimum Gasteiger partial charge on any atom is -0.346 e. The number of carbonyl (C=O) groups is 1. The summed E-state index contributed by atoms with van der Waals surface area (Å²) in [5.74, 6) is -1.35. The van der Waals surface area contributed by atoms with Crippen LogP contribution in [0.1, 0.15) is 22.0 Å². The molecule has 0 bridgehead atoms. The first-order valence-electron chi connectivity index (χ1n) is 7.25. The molecule has 24 heavy (non-hydrogen) atoms. The second-order valence-corrected chi connectivity index (χ2v) is 5.42. The number of benzene rings is 2. The molecule has 0 saturated carbocycles. The van der Waals surface area contributed by atoms with E-state index < -0.39 is 10.8 Å². The van der Waals surface area contributed by atoms with Crippen LogP contribution >= 0.6 is 0 Å². The van der Waals surface area contributed by atoms with Gasteiger partial charge in [0.05, 0.1) is 11.0 Å². The zero-order chi connectivity index (χ0) is 17.3. The Morgan fingerprint density at radius 2 is 1.88 bits per heavy atom. The third-order valence-corrected chi connectivity index (χ3v) is 4.04. The van der Waals surface area contributed by atoms with Crippen molar-refractivity contribution in [2.75, 3.05) is 0 Å². The van der Waals surface area contributed by atoms with Gasteiger partial charge in [0.1, 0.15) is 5.92 Å². The van der Waals surface area contributed by atoms with Crippen molar-refractivity contribution in [3.05, 3.63) is 76.0 Å². The number of hydrogen-bond donors (Lipinski definition) is 0. The summed E-state index contributed by atoms with van der Waals surface area (Å²) >= 11 is 0. The number of nitro groups is 1. The molecule has 6 nitrogen and oxygen atoms in total. The molecule has 3 aromatic rings. The Labute approximate surface area is 137 Å². The lowest BCUT2D eigenvalue weighted by Gasteiger charge is -2.10. The fourth-order valence-corrected chi connectivity index (χ4v) is 2.76. The first-order chi connectivity index (χ1) is 11.5. The molecule has 118 valence electrons. The largest absolute Gasteiger partial charge is 0.346 e. The highest BCUT2D eigenvalue weighted by atomic mass is 16.6. The molecule has 0 radical (unpaired) electrons. The SMILES string of the molecule is Cn1c(C(C#N)C(=O)c2ccc([N+](=O)[O-])cc2)cc2ccccc21. The number of non-ortho nitro benzene ring substituents is 1. The van der Waals surface area contributed by atoms with Gasteiger partial charge >= 0.3 is 0 Å². The van der Waals surface area contributed by atoms with Crippen LogP contribution in [0.5, 0.6) is 0 Å². The smallest absolute Gasteiger partial charge is 0.269 e. The molecule has 6 heteroatoms. The lowest BCUT2D eigenvalue weighted by Crippen LogP contribution is -2.14. The van der Waals surface area contributed by atoms with Gasteiger partial charge in [0.15, 0.2) is 5.78 Å². The molecule has 0 aliphatic heterocycles. The minimum atomic E-state index is -0.969. The maximum atomic E-state index is 12.7. The third kappa shape index (κ3) is 2.52. The second-order valence-electron chi connectivity index (χ2n) is 5.42. The van der Waals surface area contributed by atoms with E-state index in [0.29, 0.717) is 5.69 Å². The zero-order valence-electron chi connectivity index (χ0n) is 12.8. The molecule has 2 aromatic carbocycles. The number of nitriles is 1. The molecule has 1 aromatic heterocycles. The van der Waals surface area contributed by atoms with Crippen LogP contribution < -0.4 is 0 Å². The predicted molar refractivity (Wildman–Crippen MR) is 88.7 cm³/mol. The van der Waals surface area contributed by atoms with E-state index in [1.165, 1.54) is 24.3 Å². The maximum Gasteiger partial charge on any atom is 0.269 e. The van der Waals surface area contributed by atoms with Gasteiger partial charge < -0.3 is 4.57 Å². The van der Waals surface area contributed by atoms with Gasteiger partial charge in [0.2, 0.25) is 0 Å². The maximum absolute atomic E-state index is 12.7. The van der Waals surface area contributed by atoms with Crippen molar-refractivity contribution in [1.82, 2.24) is 4.57 Å². The number of ketones is 1. The van der Waals surface area contributed by atoms with Gasteiger partial charge in [-0.3, -0.25) is 14.9 Å². The van der Waals surface area contributed by atoms with Gasteiger partial charge in [-0.2, -0.15) is 5.26 Å². The van der Waals surface area contributed by atoms with Crippen LogP contribution in [0.15, 0.2) is 54.6 Å². The molecule has 0 spiro atoms. The molecule has 1 atom stereocenters. The van der Waals surface area contributed by atoms with Crippen molar-refractivity contribution in [3.8, 4) is 6.07 Å². The summed E-state index contributed by atoms with van der Waals surface area (Å²) in [6, 6.07) is 16.8. The Morgan fingerprint density at radius 1 is 1.21 bits per heavy atom. The lowest BCUT2D eigenvalue weighted by atomic mass is 9.95. The molecule has 0 aliphatic carbocycles. The van der Waals surface area contributed by atoms with Crippen molar-refractivity contribution in [1.29, 1.82) is 5.26 Å². The number of aromatic nitrogens is 1. The number of rotatable bonds is 4. The number of aryl methyl sites for hydroxylation is 1. The molecule has 0 aliphatic rings. The van der Waals surface area contributed by atoms with Crippen LogP contribution in [0.25, 0.3) is 10.9 Å². The number of hydrogen-bond acceptors (Lipinski definition) is 4. The molecule has 1 unspecified atom stereocenters. The highest BCUT2D eigenvalue weighted by molar-refractivity contribution is 6.03. The highest BCUT2D eigenvalue weighted by Crippen LogP contribution is 2.27. The molecule has 3 rings (SSSR count). The normalized spacial score (nSPS) is 11.8. The van der Waals surface area contributed by atoms with Crippen LogP contribution in [-0.4, -0.2) is 15.3 Å². The van der Waals surface area contributed by atoms with Crippen molar-refractivity contribution in [3.63, 3.8) is 0 Å². The summed E-state index contributed by atoms with van der Waals surface area (Å²) in [6.07, 6.45) is 0. The molecular formula is C18H13N3O3. The molecule has 0 amide bonds. The number of nitrogens with zero attached hydrogens (tertiary/aromatic N) is 3. The van der Waals surface area contributed by atoms with Gasteiger partial charge in [-0.1, -0.05) is 18.2 Å². The minimum absolute atomic E-state index is 0.0929. The Hall–Kier alpha value is -3.46. The van der Waals surface area contributed by atoms with Gasteiger partial charge in [-0.05, 0) is 29.7 Å². The topological polar surface area (TPSA) is 88.9 Å². The number of nitro benzene ring substituents is 1. The van der Waals surface area contributed by atoms with Crippen molar-refractivity contribution >= 4 is 22.4 Å². The Bertz CT molecular complexity index is 981. The number of fused-ring (bicyclic) bond motifs is 1. The van der Waals surface area contributed by atoms with Gasteiger partial charge in [0.25, 0.3) is 5.69 Å². The van der Waals surface area contributed by atoms with Crippen LogP contribution in [0, 0.1) is 21.4 Å². The quantitative estimate of drug-likeness (QED) is 0.417. The van der Waals surface area contributed by atoms with E-state index in [1.807, 2.05) is 41.9 Å². The molecule has 0 fully saturated rings. The van der Waals surface area contributed by atoms with Crippen LogP contribution in [-0.2, 0) is 7.05 Å². The van der Waals surface area contributed by atoms with Gasteiger partial charge in [0, 0.05) is 36.0 Å². The lowest BCUT2D eigenvalue weighted by molar-refractivity contribution is -0.384. The summed E-state index contributed by atoms with van der Waals surface area (Å²) in [4.78, 5) is 22.9. The van der Waals surface area contributed by atoms with E-state index in [1.54, 1.807) is 0 Å². The van der Waals surface area contributed by atoms with E-state index in [2.05, 4.69) is 6.07 Å². The highest BCUT2D eigenvalue weighted by Gasteiger charge is 2.25. The Kier molecular flexibility index (Phi) is 3.84.